The molecule has 9 heteroatoms. The normalized spacial score (nSPS) is 16.7. The van der Waals surface area contributed by atoms with E-state index in [2.05, 4.69) is 5.32 Å². The van der Waals surface area contributed by atoms with Crippen LogP contribution in [0.4, 0.5) is 4.79 Å². The number of nitrogens with zero attached hydrogens (tertiary/aromatic N) is 2. The summed E-state index contributed by atoms with van der Waals surface area (Å²) in [5.74, 6) is -0.0508. The van der Waals surface area contributed by atoms with Crippen molar-refractivity contribution in [2.24, 2.45) is 0 Å². The zero-order valence-electron chi connectivity index (χ0n) is 18.3. The van der Waals surface area contributed by atoms with E-state index < -0.39 is 27.6 Å². The summed E-state index contributed by atoms with van der Waals surface area (Å²) in [6.07, 6.45) is 0.972. The molecule has 168 valence electrons. The lowest BCUT2D eigenvalue weighted by molar-refractivity contribution is -0.135. The second kappa shape index (κ2) is 10.3. The highest BCUT2D eigenvalue weighted by Gasteiger charge is 2.30. The van der Waals surface area contributed by atoms with Gasteiger partial charge in [-0.1, -0.05) is 30.3 Å². The highest BCUT2D eigenvalue weighted by molar-refractivity contribution is 7.90. The second-order valence-corrected chi connectivity index (χ2v) is 10.9. The lowest BCUT2D eigenvalue weighted by Crippen LogP contribution is -2.56. The molecule has 1 N–H and O–H groups in total. The van der Waals surface area contributed by atoms with Crippen LogP contribution in [0, 0.1) is 0 Å². The van der Waals surface area contributed by atoms with Crippen molar-refractivity contribution in [1.29, 1.82) is 0 Å². The van der Waals surface area contributed by atoms with Crippen LogP contribution in [-0.4, -0.2) is 86.6 Å². The van der Waals surface area contributed by atoms with E-state index in [-0.39, 0.29) is 11.7 Å². The van der Waals surface area contributed by atoms with Crippen molar-refractivity contribution in [3.05, 3.63) is 35.9 Å². The Balaban J connectivity index is 2.00. The molecule has 1 atom stereocenters. The molecule has 1 aliphatic rings. The number of sulfone groups is 1. The maximum Gasteiger partial charge on any atom is 0.408 e. The number of alkyl carbamates (subject to hydrolysis) is 1. The Hall–Kier alpha value is -2.13. The molecule has 0 radical (unpaired) electrons. The third-order valence-electron chi connectivity index (χ3n) is 4.73. The van der Waals surface area contributed by atoms with E-state index in [1.165, 1.54) is 6.26 Å². The van der Waals surface area contributed by atoms with E-state index in [0.29, 0.717) is 39.1 Å². The summed E-state index contributed by atoms with van der Waals surface area (Å²) in [4.78, 5) is 29.2. The smallest absolute Gasteiger partial charge is 0.408 e. The van der Waals surface area contributed by atoms with Gasteiger partial charge in [0.1, 0.15) is 21.5 Å². The molecular formula is C21H33N3O5S. The number of benzene rings is 1. The Morgan fingerprint density at radius 2 is 1.70 bits per heavy atom. The molecule has 2 rings (SSSR count). The summed E-state index contributed by atoms with van der Waals surface area (Å²) < 4.78 is 28.1. The highest BCUT2D eigenvalue weighted by atomic mass is 32.2. The van der Waals surface area contributed by atoms with Crippen LogP contribution in [0.5, 0.6) is 0 Å². The summed E-state index contributed by atoms with van der Waals surface area (Å²) in [6, 6.07) is 8.79. The Labute approximate surface area is 179 Å². The van der Waals surface area contributed by atoms with Crippen LogP contribution in [0.25, 0.3) is 0 Å². The first-order valence-electron chi connectivity index (χ1n) is 10.2. The van der Waals surface area contributed by atoms with E-state index in [9.17, 15) is 18.0 Å². The number of piperazine rings is 1. The highest BCUT2D eigenvalue weighted by Crippen LogP contribution is 2.12. The number of amides is 2. The third kappa shape index (κ3) is 8.71. The number of rotatable bonds is 7. The molecule has 1 saturated heterocycles. The number of carbonyl (C=O) groups is 2. The zero-order valence-corrected chi connectivity index (χ0v) is 19.1. The van der Waals surface area contributed by atoms with Crippen LogP contribution in [0.1, 0.15) is 26.3 Å². The Morgan fingerprint density at radius 1 is 1.10 bits per heavy atom. The first-order chi connectivity index (χ1) is 13.9. The summed E-state index contributed by atoms with van der Waals surface area (Å²) in [5, 5.41) is 2.73. The van der Waals surface area contributed by atoms with E-state index in [0.717, 1.165) is 5.56 Å². The van der Waals surface area contributed by atoms with Gasteiger partial charge in [-0.15, -0.1) is 0 Å². The van der Waals surface area contributed by atoms with Crippen molar-refractivity contribution >= 4 is 21.8 Å². The minimum absolute atomic E-state index is 0.109. The summed E-state index contributed by atoms with van der Waals surface area (Å²) >= 11 is 0. The predicted octanol–water partition coefficient (Wildman–Crippen LogP) is 1.31. The first kappa shape index (κ1) is 24.1. The number of hydrogen-bond acceptors (Lipinski definition) is 6. The Kier molecular flexibility index (Phi) is 8.25. The second-order valence-electron chi connectivity index (χ2n) is 8.69. The van der Waals surface area contributed by atoms with Gasteiger partial charge in [0, 0.05) is 45.4 Å². The Morgan fingerprint density at radius 3 is 2.23 bits per heavy atom. The summed E-state index contributed by atoms with van der Waals surface area (Å²) in [5.41, 5.74) is 0.286. The van der Waals surface area contributed by atoms with Gasteiger partial charge in [0.25, 0.3) is 0 Å². The van der Waals surface area contributed by atoms with E-state index in [4.69, 9.17) is 4.74 Å². The van der Waals surface area contributed by atoms with Gasteiger partial charge in [-0.2, -0.15) is 0 Å². The average molecular weight is 440 g/mol. The summed E-state index contributed by atoms with van der Waals surface area (Å²) in [6.45, 7) is 7.97. The van der Waals surface area contributed by atoms with Gasteiger partial charge in [-0.25, -0.2) is 13.2 Å². The fourth-order valence-corrected chi connectivity index (χ4v) is 3.80. The zero-order chi connectivity index (χ0) is 22.4. The number of ether oxygens (including phenoxy) is 1. The van der Waals surface area contributed by atoms with Crippen LogP contribution in [-0.2, 0) is 25.8 Å². The molecular weight excluding hydrogens is 406 g/mol. The largest absolute Gasteiger partial charge is 0.444 e. The van der Waals surface area contributed by atoms with Crippen molar-refractivity contribution in [3.63, 3.8) is 0 Å². The molecule has 0 aliphatic carbocycles. The van der Waals surface area contributed by atoms with Crippen molar-refractivity contribution in [3.8, 4) is 0 Å². The van der Waals surface area contributed by atoms with Crippen LogP contribution in [0.3, 0.4) is 0 Å². The predicted molar refractivity (Wildman–Crippen MR) is 116 cm³/mol. The SMILES string of the molecule is CC(C)(C)OC(=O)NC(Cc1ccccc1)C(=O)N1CCN(CCS(C)(=O)=O)CC1. The molecule has 8 nitrogen and oxygen atoms in total. The van der Waals surface area contributed by atoms with Crippen LogP contribution in [0.15, 0.2) is 30.3 Å². The van der Waals surface area contributed by atoms with Crippen molar-refractivity contribution < 1.29 is 22.7 Å². The van der Waals surface area contributed by atoms with Gasteiger partial charge in [0.15, 0.2) is 0 Å². The third-order valence-corrected chi connectivity index (χ3v) is 5.66. The molecule has 30 heavy (non-hydrogen) atoms. The minimum atomic E-state index is -3.01. The molecule has 1 fully saturated rings. The van der Waals surface area contributed by atoms with Gasteiger partial charge in [0.05, 0.1) is 5.75 Å². The fraction of sp³-hybridized carbons (Fsp3) is 0.619. The molecule has 0 saturated carbocycles. The molecule has 0 bridgehead atoms. The van der Waals surface area contributed by atoms with Gasteiger partial charge >= 0.3 is 6.09 Å². The van der Waals surface area contributed by atoms with Gasteiger partial charge in [-0.05, 0) is 26.3 Å². The molecule has 2 amide bonds. The van der Waals surface area contributed by atoms with E-state index >= 15 is 0 Å². The van der Waals surface area contributed by atoms with E-state index in [1.54, 1.807) is 25.7 Å². The van der Waals surface area contributed by atoms with Crippen LogP contribution < -0.4 is 5.32 Å². The van der Waals surface area contributed by atoms with Gasteiger partial charge < -0.3 is 15.0 Å². The van der Waals surface area contributed by atoms with Crippen LogP contribution in [0.2, 0.25) is 0 Å². The monoisotopic (exact) mass is 439 g/mol. The minimum Gasteiger partial charge on any atom is -0.444 e. The summed E-state index contributed by atoms with van der Waals surface area (Å²) in [7, 11) is -3.01. The van der Waals surface area contributed by atoms with Crippen LogP contribution >= 0.6 is 0 Å². The fourth-order valence-electron chi connectivity index (χ4n) is 3.21. The van der Waals surface area contributed by atoms with Gasteiger partial charge in [-0.3, -0.25) is 9.69 Å². The maximum absolute atomic E-state index is 13.2. The molecule has 0 spiro atoms. The molecule has 1 aliphatic heterocycles. The number of nitrogens with one attached hydrogen (secondary N) is 1. The molecule has 1 aromatic rings. The average Bonchev–Trinajstić information content (AvgIpc) is 2.64. The lowest BCUT2D eigenvalue weighted by Gasteiger charge is -2.36. The maximum atomic E-state index is 13.2. The molecule has 1 unspecified atom stereocenters. The molecule has 1 aromatic carbocycles. The number of hydrogen-bond donors (Lipinski definition) is 1. The van der Waals surface area contributed by atoms with Crippen molar-refractivity contribution in [2.45, 2.75) is 38.8 Å². The quantitative estimate of drug-likeness (QED) is 0.688. The molecule has 1 heterocycles. The van der Waals surface area contributed by atoms with E-state index in [1.807, 2.05) is 35.2 Å². The first-order valence-corrected chi connectivity index (χ1v) is 12.2. The molecule has 0 aromatic heterocycles. The van der Waals surface area contributed by atoms with Gasteiger partial charge in [0.2, 0.25) is 5.91 Å². The lowest BCUT2D eigenvalue weighted by atomic mass is 10.0. The number of carbonyl (C=O) groups excluding carboxylic acids is 2. The standard InChI is InChI=1S/C21H33N3O5S/c1-21(2,3)29-20(26)22-18(16-17-8-6-5-7-9-17)19(25)24-12-10-23(11-13-24)14-15-30(4,27)28/h5-9,18H,10-16H2,1-4H3,(H,22,26). The topological polar surface area (TPSA) is 96.0 Å². The Bertz CT molecular complexity index is 813. The van der Waals surface area contributed by atoms with Crippen molar-refractivity contribution in [2.75, 3.05) is 44.7 Å². The van der Waals surface area contributed by atoms with Crippen molar-refractivity contribution in [1.82, 2.24) is 15.1 Å².